The van der Waals surface area contributed by atoms with Crippen LogP contribution >= 0.6 is 11.3 Å². The fourth-order valence-corrected chi connectivity index (χ4v) is 2.80. The first-order valence-electron chi connectivity index (χ1n) is 6.07. The van der Waals surface area contributed by atoms with Crippen molar-refractivity contribution in [3.8, 4) is 0 Å². The monoisotopic (exact) mass is 303 g/mol. The number of rotatable bonds is 3. The summed E-state index contributed by atoms with van der Waals surface area (Å²) in [5.41, 5.74) is 5.89. The van der Waals surface area contributed by atoms with Crippen LogP contribution in [0.15, 0.2) is 40.8 Å². The topological polar surface area (TPSA) is 78.0 Å². The van der Waals surface area contributed by atoms with Gasteiger partial charge in [-0.3, -0.25) is 14.2 Å². The highest BCUT2D eigenvalue weighted by Crippen LogP contribution is 2.15. The summed E-state index contributed by atoms with van der Waals surface area (Å²) >= 11 is 1.30. The maximum Gasteiger partial charge on any atom is 0.271 e. The minimum absolute atomic E-state index is 0.0462. The van der Waals surface area contributed by atoms with Gasteiger partial charge in [-0.25, -0.2) is 9.37 Å². The Balaban J connectivity index is 2.00. The van der Waals surface area contributed by atoms with E-state index in [0.29, 0.717) is 15.8 Å². The molecule has 0 aliphatic carbocycles. The molecule has 7 heteroatoms. The number of fused-ring (bicyclic) bond motifs is 1. The van der Waals surface area contributed by atoms with Crippen LogP contribution in [0.1, 0.15) is 15.9 Å². The molecule has 0 saturated carbocycles. The second-order valence-corrected chi connectivity index (χ2v) is 5.40. The molecule has 2 N–H and O–H groups in total. The van der Waals surface area contributed by atoms with Gasteiger partial charge in [-0.05, 0) is 23.6 Å². The Hall–Kier alpha value is -2.54. The van der Waals surface area contributed by atoms with Gasteiger partial charge >= 0.3 is 0 Å². The Kier molecular flexibility index (Phi) is 3.26. The number of carbonyl (C=O) groups excluding carboxylic acids is 1. The fraction of sp³-hybridized carbons (Fsp3) is 0.0714. The number of aromatic nitrogens is 2. The minimum atomic E-state index is -0.695. The van der Waals surface area contributed by atoms with E-state index in [1.165, 1.54) is 34.4 Å². The molecule has 1 amide bonds. The Bertz CT molecular complexity index is 901. The molecular formula is C14H10FN3O2S. The summed E-state index contributed by atoms with van der Waals surface area (Å²) in [6, 6.07) is 5.71. The van der Waals surface area contributed by atoms with Gasteiger partial charge in [-0.15, -0.1) is 11.3 Å². The highest BCUT2D eigenvalue weighted by atomic mass is 32.1. The highest BCUT2D eigenvalue weighted by Gasteiger charge is 2.10. The lowest BCUT2D eigenvalue weighted by Crippen LogP contribution is -2.21. The average Bonchev–Trinajstić information content (AvgIpc) is 2.93. The minimum Gasteiger partial charge on any atom is -0.366 e. The third-order valence-corrected chi connectivity index (χ3v) is 4.01. The zero-order chi connectivity index (χ0) is 15.0. The van der Waals surface area contributed by atoms with Crippen LogP contribution < -0.4 is 11.3 Å². The summed E-state index contributed by atoms with van der Waals surface area (Å²) in [7, 11) is 0. The highest BCUT2D eigenvalue weighted by molar-refractivity contribution is 7.17. The van der Waals surface area contributed by atoms with Gasteiger partial charge in [0, 0.05) is 11.1 Å². The molecule has 0 saturated heterocycles. The van der Waals surface area contributed by atoms with E-state index in [9.17, 15) is 14.0 Å². The number of nitrogens with two attached hydrogens (primary N) is 1. The molecule has 1 aromatic carbocycles. The molecule has 0 unspecified atom stereocenters. The van der Waals surface area contributed by atoms with Crippen molar-refractivity contribution >= 4 is 27.5 Å². The smallest absolute Gasteiger partial charge is 0.271 e. The number of nitrogens with zero attached hydrogens (tertiary/aromatic N) is 2. The number of thiophene rings is 1. The predicted molar refractivity (Wildman–Crippen MR) is 77.9 cm³/mol. The Morgan fingerprint density at radius 3 is 2.90 bits per heavy atom. The molecule has 5 nitrogen and oxygen atoms in total. The Labute approximate surface area is 122 Å². The van der Waals surface area contributed by atoms with Crippen LogP contribution in [0.4, 0.5) is 4.39 Å². The third-order valence-electron chi connectivity index (χ3n) is 3.11. The second-order valence-electron chi connectivity index (χ2n) is 4.48. The molecule has 0 radical (unpaired) electrons. The molecule has 0 bridgehead atoms. The predicted octanol–water partition coefficient (Wildman–Crippen LogP) is 1.74. The third kappa shape index (κ3) is 2.43. The van der Waals surface area contributed by atoms with E-state index in [0.717, 1.165) is 6.07 Å². The van der Waals surface area contributed by atoms with Crippen LogP contribution in [-0.2, 0) is 6.54 Å². The van der Waals surface area contributed by atoms with Gasteiger partial charge in [0.05, 0.1) is 18.4 Å². The van der Waals surface area contributed by atoms with Gasteiger partial charge in [0.2, 0.25) is 5.91 Å². The molecule has 2 heterocycles. The number of benzene rings is 1. The van der Waals surface area contributed by atoms with E-state index in [1.54, 1.807) is 11.4 Å². The lowest BCUT2D eigenvalue weighted by Gasteiger charge is -2.07. The number of hydrogen-bond donors (Lipinski definition) is 1. The van der Waals surface area contributed by atoms with Crippen LogP contribution in [0, 0.1) is 5.82 Å². The maximum absolute atomic E-state index is 13.9. The second kappa shape index (κ2) is 5.10. The lowest BCUT2D eigenvalue weighted by atomic mass is 10.1. The normalized spacial score (nSPS) is 10.9. The fourth-order valence-electron chi connectivity index (χ4n) is 2.00. The van der Waals surface area contributed by atoms with Crippen molar-refractivity contribution in [2.24, 2.45) is 5.73 Å². The maximum atomic E-state index is 13.9. The van der Waals surface area contributed by atoms with Gasteiger partial charge in [0.15, 0.2) is 0 Å². The van der Waals surface area contributed by atoms with Gasteiger partial charge in [-0.2, -0.15) is 0 Å². The lowest BCUT2D eigenvalue weighted by molar-refractivity contribution is 0.1000. The van der Waals surface area contributed by atoms with Crippen LogP contribution in [0.5, 0.6) is 0 Å². The van der Waals surface area contributed by atoms with Crippen molar-refractivity contribution in [2.75, 3.05) is 0 Å². The summed E-state index contributed by atoms with van der Waals surface area (Å²) in [5.74, 6) is -1.27. The van der Waals surface area contributed by atoms with E-state index in [2.05, 4.69) is 4.98 Å². The van der Waals surface area contributed by atoms with Crippen molar-refractivity contribution in [3.63, 3.8) is 0 Å². The van der Waals surface area contributed by atoms with Gasteiger partial charge < -0.3 is 5.73 Å². The van der Waals surface area contributed by atoms with Crippen molar-refractivity contribution in [3.05, 3.63) is 63.3 Å². The van der Waals surface area contributed by atoms with E-state index in [4.69, 9.17) is 5.73 Å². The zero-order valence-corrected chi connectivity index (χ0v) is 11.6. The summed E-state index contributed by atoms with van der Waals surface area (Å²) in [6.07, 6.45) is 1.39. The van der Waals surface area contributed by atoms with Crippen LogP contribution in [-0.4, -0.2) is 15.5 Å². The quantitative estimate of drug-likeness (QED) is 0.800. The number of primary amides is 1. The van der Waals surface area contributed by atoms with Crippen molar-refractivity contribution < 1.29 is 9.18 Å². The van der Waals surface area contributed by atoms with E-state index >= 15 is 0 Å². The van der Waals surface area contributed by atoms with Gasteiger partial charge in [-0.1, -0.05) is 6.07 Å². The number of amides is 1. The summed E-state index contributed by atoms with van der Waals surface area (Å²) in [6.45, 7) is 0.0462. The number of halogens is 1. The van der Waals surface area contributed by atoms with Crippen molar-refractivity contribution in [2.45, 2.75) is 6.54 Å². The van der Waals surface area contributed by atoms with Crippen LogP contribution in [0.25, 0.3) is 10.2 Å². The molecule has 3 aromatic rings. The molecule has 0 aliphatic heterocycles. The molecule has 0 atom stereocenters. The van der Waals surface area contributed by atoms with Crippen molar-refractivity contribution in [1.82, 2.24) is 9.55 Å². The van der Waals surface area contributed by atoms with Crippen LogP contribution in [0.2, 0.25) is 0 Å². The molecule has 0 aliphatic rings. The molecule has 0 fully saturated rings. The average molecular weight is 303 g/mol. The first kappa shape index (κ1) is 13.4. The van der Waals surface area contributed by atoms with Crippen molar-refractivity contribution in [1.29, 1.82) is 0 Å². The van der Waals surface area contributed by atoms with E-state index < -0.39 is 11.7 Å². The summed E-state index contributed by atoms with van der Waals surface area (Å²) in [4.78, 5) is 27.4. The van der Waals surface area contributed by atoms with E-state index in [-0.39, 0.29) is 17.7 Å². The largest absolute Gasteiger partial charge is 0.366 e. The van der Waals surface area contributed by atoms with E-state index in [1.807, 2.05) is 0 Å². The van der Waals surface area contributed by atoms with Crippen LogP contribution in [0.3, 0.4) is 0 Å². The van der Waals surface area contributed by atoms with Gasteiger partial charge in [0.25, 0.3) is 5.56 Å². The Morgan fingerprint density at radius 1 is 1.38 bits per heavy atom. The molecule has 106 valence electrons. The number of carbonyl (C=O) groups is 1. The first-order valence-corrected chi connectivity index (χ1v) is 6.95. The molecule has 3 rings (SSSR count). The zero-order valence-electron chi connectivity index (χ0n) is 10.7. The molecule has 0 spiro atoms. The molecular weight excluding hydrogens is 293 g/mol. The number of hydrogen-bond acceptors (Lipinski definition) is 4. The summed E-state index contributed by atoms with van der Waals surface area (Å²) < 4.78 is 15.8. The van der Waals surface area contributed by atoms with Gasteiger partial charge in [0.1, 0.15) is 10.5 Å². The molecule has 21 heavy (non-hydrogen) atoms. The standard InChI is InChI=1S/C14H10FN3O2S/c15-10-5-8(13(16)19)1-2-9(10)6-18-7-17-11-3-4-21-12(11)14(18)20/h1-5,7H,6H2,(H2,16,19). The summed E-state index contributed by atoms with van der Waals surface area (Å²) in [5, 5.41) is 1.78. The first-order chi connectivity index (χ1) is 10.1. The molecule has 2 aromatic heterocycles. The SMILES string of the molecule is NC(=O)c1ccc(Cn2cnc3ccsc3c2=O)c(F)c1. The Morgan fingerprint density at radius 2 is 2.19 bits per heavy atom.